The Morgan fingerprint density at radius 1 is 1.33 bits per heavy atom. The summed E-state index contributed by atoms with van der Waals surface area (Å²) in [7, 11) is 0. The van der Waals surface area contributed by atoms with Crippen LogP contribution in [0.4, 0.5) is 0 Å². The van der Waals surface area contributed by atoms with Gasteiger partial charge in [-0.05, 0) is 36.0 Å². The minimum Gasteiger partial charge on any atom is -0.387 e. The van der Waals surface area contributed by atoms with E-state index in [1.54, 1.807) is 6.20 Å². The monoisotopic (exact) mass is 257 g/mol. The highest BCUT2D eigenvalue weighted by atomic mass is 32.1. The van der Waals surface area contributed by atoms with E-state index in [0.29, 0.717) is 10.8 Å². The maximum Gasteiger partial charge on any atom is 0.167 e. The maximum absolute atomic E-state index is 5.65. The van der Waals surface area contributed by atoms with Gasteiger partial charge >= 0.3 is 0 Å². The fraction of sp³-hybridized carbons (Fsp3) is 0.286. The summed E-state index contributed by atoms with van der Waals surface area (Å²) in [5.74, 6) is 0.686. The number of benzene rings is 1. The SMILES string of the molecule is NC(=S)c1nccn1Cc1ccc2c(c1)CCC2. The molecule has 0 atom stereocenters. The number of aryl methyl sites for hydroxylation is 2. The Kier molecular flexibility index (Phi) is 2.88. The number of hydrogen-bond acceptors (Lipinski definition) is 2. The topological polar surface area (TPSA) is 43.8 Å². The lowest BCUT2D eigenvalue weighted by Crippen LogP contribution is -2.17. The van der Waals surface area contributed by atoms with E-state index >= 15 is 0 Å². The molecule has 3 nitrogen and oxygen atoms in total. The maximum atomic E-state index is 5.65. The summed E-state index contributed by atoms with van der Waals surface area (Å²) in [5, 5.41) is 0. The molecule has 0 spiro atoms. The molecule has 18 heavy (non-hydrogen) atoms. The van der Waals surface area contributed by atoms with Crippen LogP contribution in [0.5, 0.6) is 0 Å². The van der Waals surface area contributed by atoms with Gasteiger partial charge < -0.3 is 10.3 Å². The quantitative estimate of drug-likeness (QED) is 0.856. The third-order valence-electron chi connectivity index (χ3n) is 3.45. The van der Waals surface area contributed by atoms with Gasteiger partial charge in [-0.1, -0.05) is 30.4 Å². The van der Waals surface area contributed by atoms with E-state index < -0.39 is 0 Å². The molecule has 0 bridgehead atoms. The first-order valence-corrected chi connectivity index (χ1v) is 6.56. The molecular formula is C14H15N3S. The molecule has 92 valence electrons. The average Bonchev–Trinajstić information content (AvgIpc) is 2.96. The zero-order valence-corrected chi connectivity index (χ0v) is 10.9. The van der Waals surface area contributed by atoms with Crippen LogP contribution in [0.15, 0.2) is 30.6 Å². The zero-order chi connectivity index (χ0) is 12.5. The van der Waals surface area contributed by atoms with Crippen molar-refractivity contribution in [2.75, 3.05) is 0 Å². The predicted molar refractivity (Wildman–Crippen MR) is 75.7 cm³/mol. The number of imidazole rings is 1. The van der Waals surface area contributed by atoms with Crippen LogP contribution >= 0.6 is 12.2 Å². The second kappa shape index (κ2) is 4.53. The van der Waals surface area contributed by atoms with Crippen LogP contribution in [0, 0.1) is 0 Å². The fourth-order valence-electron chi connectivity index (χ4n) is 2.58. The molecular weight excluding hydrogens is 242 g/mol. The molecule has 0 amide bonds. The molecule has 3 rings (SSSR count). The van der Waals surface area contributed by atoms with E-state index in [2.05, 4.69) is 23.2 Å². The lowest BCUT2D eigenvalue weighted by atomic mass is 10.1. The first kappa shape index (κ1) is 11.4. The van der Waals surface area contributed by atoms with Crippen LogP contribution in [0.1, 0.15) is 28.9 Å². The molecule has 0 aliphatic heterocycles. The summed E-state index contributed by atoms with van der Waals surface area (Å²) in [4.78, 5) is 4.53. The van der Waals surface area contributed by atoms with Crippen molar-refractivity contribution in [2.45, 2.75) is 25.8 Å². The first-order chi connectivity index (χ1) is 8.74. The first-order valence-electron chi connectivity index (χ1n) is 6.15. The largest absolute Gasteiger partial charge is 0.387 e. The second-order valence-corrected chi connectivity index (χ2v) is 5.14. The molecule has 0 saturated heterocycles. The van der Waals surface area contributed by atoms with E-state index in [9.17, 15) is 0 Å². The van der Waals surface area contributed by atoms with E-state index in [1.165, 1.54) is 36.0 Å². The van der Waals surface area contributed by atoms with Crippen LogP contribution in [0.2, 0.25) is 0 Å². The highest BCUT2D eigenvalue weighted by Gasteiger charge is 2.12. The summed E-state index contributed by atoms with van der Waals surface area (Å²) in [5.41, 5.74) is 9.92. The Balaban J connectivity index is 1.88. The van der Waals surface area contributed by atoms with Gasteiger partial charge in [-0.3, -0.25) is 0 Å². The number of aromatic nitrogens is 2. The van der Waals surface area contributed by atoms with Gasteiger partial charge in [0.25, 0.3) is 0 Å². The van der Waals surface area contributed by atoms with Crippen molar-refractivity contribution in [1.29, 1.82) is 0 Å². The Bertz CT molecular complexity index is 601. The van der Waals surface area contributed by atoms with Crippen molar-refractivity contribution in [3.8, 4) is 0 Å². The van der Waals surface area contributed by atoms with Gasteiger partial charge in [0.05, 0.1) is 0 Å². The Labute approximate surface area is 112 Å². The van der Waals surface area contributed by atoms with Gasteiger partial charge in [0.15, 0.2) is 5.82 Å². The van der Waals surface area contributed by atoms with Gasteiger partial charge in [0.1, 0.15) is 4.99 Å². The van der Waals surface area contributed by atoms with Gasteiger partial charge in [-0.25, -0.2) is 4.98 Å². The van der Waals surface area contributed by atoms with E-state index in [4.69, 9.17) is 18.0 Å². The highest BCUT2D eigenvalue weighted by molar-refractivity contribution is 7.80. The molecule has 2 N–H and O–H groups in total. The zero-order valence-electron chi connectivity index (χ0n) is 10.1. The van der Waals surface area contributed by atoms with Gasteiger partial charge in [0.2, 0.25) is 0 Å². The molecule has 0 radical (unpaired) electrons. The molecule has 0 fully saturated rings. The number of thiocarbonyl (C=S) groups is 1. The molecule has 1 aliphatic rings. The minimum atomic E-state index is 0.348. The fourth-order valence-corrected chi connectivity index (χ4v) is 2.75. The van der Waals surface area contributed by atoms with E-state index in [0.717, 1.165) is 6.54 Å². The molecule has 1 aromatic carbocycles. The molecule has 1 aromatic heterocycles. The van der Waals surface area contributed by atoms with Crippen molar-refractivity contribution in [3.63, 3.8) is 0 Å². The summed E-state index contributed by atoms with van der Waals surface area (Å²) < 4.78 is 2.00. The number of nitrogens with zero attached hydrogens (tertiary/aromatic N) is 2. The van der Waals surface area contributed by atoms with E-state index in [-0.39, 0.29) is 0 Å². The van der Waals surface area contributed by atoms with Crippen molar-refractivity contribution < 1.29 is 0 Å². The molecule has 0 unspecified atom stereocenters. The predicted octanol–water partition coefficient (Wildman–Crippen LogP) is 2.05. The van der Waals surface area contributed by atoms with Crippen molar-refractivity contribution in [2.24, 2.45) is 5.73 Å². The minimum absolute atomic E-state index is 0.348. The molecule has 2 aromatic rings. The van der Waals surface area contributed by atoms with Gasteiger partial charge in [-0.2, -0.15) is 0 Å². The Hall–Kier alpha value is -1.68. The summed E-state index contributed by atoms with van der Waals surface area (Å²) >= 11 is 4.99. The third kappa shape index (κ3) is 2.04. The van der Waals surface area contributed by atoms with Crippen LogP contribution in [0.25, 0.3) is 0 Å². The Morgan fingerprint density at radius 2 is 2.17 bits per heavy atom. The summed E-state index contributed by atoms with van der Waals surface area (Å²) in [6.45, 7) is 0.778. The molecule has 1 aliphatic carbocycles. The number of nitrogens with two attached hydrogens (primary N) is 1. The van der Waals surface area contributed by atoms with Gasteiger partial charge in [0, 0.05) is 18.9 Å². The van der Waals surface area contributed by atoms with Crippen molar-refractivity contribution in [3.05, 3.63) is 53.1 Å². The van der Waals surface area contributed by atoms with Crippen LogP contribution < -0.4 is 5.73 Å². The van der Waals surface area contributed by atoms with Crippen LogP contribution in [-0.4, -0.2) is 14.5 Å². The number of fused-ring (bicyclic) bond motifs is 1. The number of rotatable bonds is 3. The van der Waals surface area contributed by atoms with Crippen LogP contribution in [-0.2, 0) is 19.4 Å². The standard InChI is InChI=1S/C14H15N3S/c15-13(18)14-16-6-7-17(14)9-10-4-5-11-2-1-3-12(11)8-10/h4-8H,1-3,9H2,(H2,15,18). The molecule has 4 heteroatoms. The van der Waals surface area contributed by atoms with Gasteiger partial charge in [-0.15, -0.1) is 0 Å². The lowest BCUT2D eigenvalue weighted by molar-refractivity contribution is 0.787. The smallest absolute Gasteiger partial charge is 0.167 e. The third-order valence-corrected chi connectivity index (χ3v) is 3.63. The molecule has 0 saturated carbocycles. The van der Waals surface area contributed by atoms with Crippen molar-refractivity contribution >= 4 is 17.2 Å². The van der Waals surface area contributed by atoms with Crippen molar-refractivity contribution in [1.82, 2.24) is 9.55 Å². The summed E-state index contributed by atoms with van der Waals surface area (Å²) in [6.07, 6.45) is 7.36. The van der Waals surface area contributed by atoms with E-state index in [1.807, 2.05) is 10.8 Å². The second-order valence-electron chi connectivity index (χ2n) is 4.70. The average molecular weight is 257 g/mol. The van der Waals surface area contributed by atoms with Crippen LogP contribution in [0.3, 0.4) is 0 Å². The lowest BCUT2D eigenvalue weighted by Gasteiger charge is -2.08. The normalized spacial score (nSPS) is 13.6. The highest BCUT2D eigenvalue weighted by Crippen LogP contribution is 2.23. The Morgan fingerprint density at radius 3 is 3.00 bits per heavy atom. The summed E-state index contributed by atoms with van der Waals surface area (Å²) in [6, 6.07) is 6.73. The molecule has 1 heterocycles. The number of hydrogen-bond donors (Lipinski definition) is 1.